The van der Waals surface area contributed by atoms with Crippen LogP contribution in [0.2, 0.25) is 0 Å². The number of benzene rings is 8. The maximum absolute atomic E-state index is 2.48. The third kappa shape index (κ3) is 3.72. The van der Waals surface area contributed by atoms with Crippen molar-refractivity contribution in [3.8, 4) is 0 Å². The molecular formula is C42H25NS2. The Hall–Kier alpha value is -5.22. The van der Waals surface area contributed by atoms with Crippen molar-refractivity contribution in [2.75, 3.05) is 4.90 Å². The largest absolute Gasteiger partial charge is 0.310 e. The molecule has 210 valence electrons. The van der Waals surface area contributed by atoms with E-state index in [-0.39, 0.29) is 0 Å². The molecule has 0 aliphatic heterocycles. The minimum atomic E-state index is 1.16. The van der Waals surface area contributed by atoms with Crippen molar-refractivity contribution >= 4 is 112 Å². The second-order valence-electron chi connectivity index (χ2n) is 11.7. The molecular weight excluding hydrogens is 583 g/mol. The number of nitrogens with zero attached hydrogens (tertiary/aromatic N) is 1. The first-order valence-electron chi connectivity index (χ1n) is 15.3. The number of hydrogen-bond acceptors (Lipinski definition) is 3. The first-order valence-corrected chi connectivity index (χ1v) is 16.9. The molecule has 0 atom stereocenters. The van der Waals surface area contributed by atoms with Gasteiger partial charge in [-0.3, -0.25) is 0 Å². The Bertz CT molecular complexity index is 2750. The Morgan fingerprint density at radius 3 is 1.49 bits per heavy atom. The van der Waals surface area contributed by atoms with Gasteiger partial charge in [0.15, 0.2) is 0 Å². The lowest BCUT2D eigenvalue weighted by Crippen LogP contribution is -2.10. The van der Waals surface area contributed by atoms with Crippen LogP contribution in [0.15, 0.2) is 152 Å². The molecule has 10 aromatic rings. The highest BCUT2D eigenvalue weighted by Crippen LogP contribution is 2.47. The summed E-state index contributed by atoms with van der Waals surface area (Å²) in [5.41, 5.74) is 3.53. The highest BCUT2D eigenvalue weighted by atomic mass is 32.1. The fourth-order valence-corrected chi connectivity index (χ4v) is 9.52. The fraction of sp³-hybridized carbons (Fsp3) is 0. The van der Waals surface area contributed by atoms with Crippen molar-refractivity contribution in [3.05, 3.63) is 152 Å². The van der Waals surface area contributed by atoms with Crippen molar-refractivity contribution in [1.29, 1.82) is 0 Å². The summed E-state index contributed by atoms with van der Waals surface area (Å²) in [4.78, 5) is 2.48. The summed E-state index contributed by atoms with van der Waals surface area (Å²) >= 11 is 3.74. The summed E-state index contributed by atoms with van der Waals surface area (Å²) < 4.78 is 5.25. The first kappa shape index (κ1) is 25.1. The molecule has 0 saturated heterocycles. The van der Waals surface area contributed by atoms with Crippen molar-refractivity contribution in [2.24, 2.45) is 0 Å². The quantitative estimate of drug-likeness (QED) is 0.181. The number of thiophene rings is 2. The monoisotopic (exact) mass is 607 g/mol. The number of anilines is 3. The van der Waals surface area contributed by atoms with Crippen LogP contribution in [0.25, 0.3) is 72.7 Å². The zero-order valence-corrected chi connectivity index (χ0v) is 25.8. The van der Waals surface area contributed by atoms with Crippen LogP contribution in [0.1, 0.15) is 0 Å². The molecule has 2 aromatic heterocycles. The topological polar surface area (TPSA) is 3.24 Å². The average Bonchev–Trinajstić information content (AvgIpc) is 3.67. The second-order valence-corrected chi connectivity index (χ2v) is 13.9. The predicted molar refractivity (Wildman–Crippen MR) is 199 cm³/mol. The van der Waals surface area contributed by atoms with Crippen LogP contribution >= 0.6 is 22.7 Å². The molecule has 0 radical (unpaired) electrons. The average molecular weight is 608 g/mol. The van der Waals surface area contributed by atoms with Crippen LogP contribution in [0.4, 0.5) is 17.1 Å². The molecule has 8 aromatic carbocycles. The molecule has 0 amide bonds. The highest BCUT2D eigenvalue weighted by molar-refractivity contribution is 7.26. The van der Waals surface area contributed by atoms with Gasteiger partial charge in [-0.15, -0.1) is 22.7 Å². The molecule has 0 aliphatic rings. The first-order chi connectivity index (χ1) is 22.3. The molecule has 2 heterocycles. The number of rotatable bonds is 3. The lowest BCUT2D eigenvalue weighted by molar-refractivity contribution is 1.31. The van der Waals surface area contributed by atoms with E-state index in [1.54, 1.807) is 0 Å². The van der Waals surface area contributed by atoms with Crippen LogP contribution in [0.3, 0.4) is 0 Å². The second kappa shape index (κ2) is 9.64. The van der Waals surface area contributed by atoms with Gasteiger partial charge in [-0.05, 0) is 80.8 Å². The molecule has 0 unspecified atom stereocenters. The molecule has 0 aliphatic carbocycles. The van der Waals surface area contributed by atoms with Gasteiger partial charge in [-0.25, -0.2) is 0 Å². The van der Waals surface area contributed by atoms with Crippen molar-refractivity contribution < 1.29 is 0 Å². The van der Waals surface area contributed by atoms with E-state index in [4.69, 9.17) is 0 Å². The number of hydrogen-bond donors (Lipinski definition) is 0. The van der Waals surface area contributed by atoms with E-state index >= 15 is 0 Å². The molecule has 0 saturated carbocycles. The maximum Gasteiger partial charge on any atom is 0.0554 e. The molecule has 10 rings (SSSR count). The molecule has 45 heavy (non-hydrogen) atoms. The van der Waals surface area contributed by atoms with Gasteiger partial charge in [-0.1, -0.05) is 103 Å². The van der Waals surface area contributed by atoms with E-state index in [0.29, 0.717) is 0 Å². The lowest BCUT2D eigenvalue weighted by Gasteiger charge is -2.27. The van der Waals surface area contributed by atoms with Crippen LogP contribution in [-0.4, -0.2) is 0 Å². The minimum Gasteiger partial charge on any atom is -0.310 e. The molecule has 3 heteroatoms. The maximum atomic E-state index is 2.48. The van der Waals surface area contributed by atoms with Gasteiger partial charge in [0.1, 0.15) is 0 Å². The van der Waals surface area contributed by atoms with Gasteiger partial charge in [-0.2, -0.15) is 0 Å². The van der Waals surface area contributed by atoms with Crippen LogP contribution < -0.4 is 4.90 Å². The van der Waals surface area contributed by atoms with E-state index in [2.05, 4.69) is 157 Å². The molecule has 0 N–H and O–H groups in total. The van der Waals surface area contributed by atoms with E-state index in [0.717, 1.165) is 5.69 Å². The smallest absolute Gasteiger partial charge is 0.0554 e. The van der Waals surface area contributed by atoms with Crippen molar-refractivity contribution in [1.82, 2.24) is 0 Å². The summed E-state index contributed by atoms with van der Waals surface area (Å²) in [6, 6.07) is 56.0. The molecule has 0 spiro atoms. The minimum absolute atomic E-state index is 1.16. The molecule has 0 bridgehead atoms. The Balaban J connectivity index is 1.31. The lowest BCUT2D eigenvalue weighted by atomic mass is 9.94. The van der Waals surface area contributed by atoms with Gasteiger partial charge in [0, 0.05) is 51.7 Å². The fourth-order valence-electron chi connectivity index (χ4n) is 7.26. The normalized spacial score (nSPS) is 12.0. The summed E-state index contributed by atoms with van der Waals surface area (Å²) in [5, 5.41) is 13.0. The summed E-state index contributed by atoms with van der Waals surface area (Å²) in [6.07, 6.45) is 0. The Labute approximate surface area is 267 Å². The predicted octanol–water partition coefficient (Wildman–Crippen LogP) is 13.4. The van der Waals surface area contributed by atoms with Gasteiger partial charge in [0.25, 0.3) is 0 Å². The van der Waals surface area contributed by atoms with E-state index in [9.17, 15) is 0 Å². The van der Waals surface area contributed by atoms with Gasteiger partial charge >= 0.3 is 0 Å². The van der Waals surface area contributed by atoms with Gasteiger partial charge < -0.3 is 4.90 Å². The van der Waals surface area contributed by atoms with Crippen molar-refractivity contribution in [3.63, 3.8) is 0 Å². The van der Waals surface area contributed by atoms with E-state index in [1.807, 2.05) is 22.7 Å². The summed E-state index contributed by atoms with van der Waals surface area (Å²) in [5.74, 6) is 0. The third-order valence-corrected chi connectivity index (χ3v) is 11.5. The summed E-state index contributed by atoms with van der Waals surface area (Å²) in [7, 11) is 0. The van der Waals surface area contributed by atoms with Gasteiger partial charge in [0.05, 0.1) is 5.69 Å². The zero-order chi connectivity index (χ0) is 29.5. The Morgan fingerprint density at radius 1 is 0.311 bits per heavy atom. The zero-order valence-electron chi connectivity index (χ0n) is 24.2. The Kier molecular flexibility index (Phi) is 5.39. The van der Waals surface area contributed by atoms with Crippen LogP contribution in [-0.2, 0) is 0 Å². The SMILES string of the molecule is c1ccc2c(c1)sc1cc(N(c3ccc4c5ccccc5c5ccccc5c4c3)c3cccc4sc5ccccc5c34)ccc12. The highest BCUT2D eigenvalue weighted by Gasteiger charge is 2.20. The van der Waals surface area contributed by atoms with E-state index < -0.39 is 0 Å². The standard InChI is InChI=1S/C42H25NS2/c1-2-12-30-28(10-1)29-11-3-4-13-31(29)36-24-26(20-22-32(30)36)43(27-21-23-34-33-14-5-7-17-38(33)45-41(34)25-27)37-16-9-19-40-42(37)35-15-6-8-18-39(35)44-40/h1-25H. The number of fused-ring (bicyclic) bond motifs is 12. The van der Waals surface area contributed by atoms with Crippen molar-refractivity contribution in [2.45, 2.75) is 0 Å². The Morgan fingerprint density at radius 2 is 0.778 bits per heavy atom. The molecule has 1 nitrogen and oxygen atoms in total. The van der Waals surface area contributed by atoms with Crippen LogP contribution in [0, 0.1) is 0 Å². The van der Waals surface area contributed by atoms with Gasteiger partial charge in [0.2, 0.25) is 0 Å². The molecule has 0 fully saturated rings. The third-order valence-electron chi connectivity index (χ3n) is 9.23. The summed E-state index contributed by atoms with van der Waals surface area (Å²) in [6.45, 7) is 0. The van der Waals surface area contributed by atoms with Crippen LogP contribution in [0.5, 0.6) is 0 Å². The van der Waals surface area contributed by atoms with E-state index in [1.165, 1.54) is 84.0 Å².